The van der Waals surface area contributed by atoms with Crippen LogP contribution in [0.2, 0.25) is 0 Å². The minimum absolute atomic E-state index is 0.0275. The molecule has 6 nitrogen and oxygen atoms in total. The topological polar surface area (TPSA) is 65.7 Å². The molecule has 42 heavy (non-hydrogen) atoms. The first-order valence-electron chi connectivity index (χ1n) is 13.0. The second kappa shape index (κ2) is 12.2. The highest BCUT2D eigenvalue weighted by atomic mass is 79.9. The fraction of sp³-hybridized carbons (Fsp3) is 0.156. The Bertz CT molecular complexity index is 1830. The van der Waals surface area contributed by atoms with Crippen molar-refractivity contribution in [2.45, 2.75) is 26.6 Å². The maximum atomic E-state index is 13.5. The zero-order valence-electron chi connectivity index (χ0n) is 22.7. The molecule has 10 heteroatoms. The highest BCUT2D eigenvalue weighted by molar-refractivity contribution is 9.10. The predicted molar refractivity (Wildman–Crippen MR) is 160 cm³/mol. The zero-order chi connectivity index (χ0) is 29.9. The van der Waals surface area contributed by atoms with Crippen LogP contribution >= 0.6 is 15.9 Å². The number of alkyl halides is 3. The number of ether oxygens (including phenoxy) is 2. The minimum Gasteiger partial charge on any atom is -0.490 e. The van der Waals surface area contributed by atoms with Crippen LogP contribution < -0.4 is 15.0 Å². The summed E-state index contributed by atoms with van der Waals surface area (Å²) in [6, 6.07) is 22.7. The van der Waals surface area contributed by atoms with E-state index in [2.05, 4.69) is 26.0 Å². The van der Waals surface area contributed by atoms with E-state index in [1.165, 1.54) is 18.3 Å². The molecule has 4 aromatic carbocycles. The van der Waals surface area contributed by atoms with Gasteiger partial charge in [0, 0.05) is 15.6 Å². The van der Waals surface area contributed by atoms with Gasteiger partial charge in [0.15, 0.2) is 17.3 Å². The summed E-state index contributed by atoms with van der Waals surface area (Å²) in [6.45, 7) is 4.58. The second-order valence-electron chi connectivity index (χ2n) is 9.42. The Hall–Kier alpha value is -4.44. The molecule has 0 radical (unpaired) electrons. The summed E-state index contributed by atoms with van der Waals surface area (Å²) in [6.07, 6.45) is -3.14. The molecule has 0 amide bonds. The molecule has 0 spiro atoms. The molecule has 214 valence electrons. The van der Waals surface area contributed by atoms with Crippen LogP contribution in [0.4, 0.5) is 13.2 Å². The van der Waals surface area contributed by atoms with Crippen LogP contribution in [-0.2, 0) is 12.8 Å². The van der Waals surface area contributed by atoms with Crippen molar-refractivity contribution in [3.63, 3.8) is 0 Å². The summed E-state index contributed by atoms with van der Waals surface area (Å²) in [5, 5.41) is 4.67. The quantitative estimate of drug-likeness (QED) is 0.162. The molecule has 0 saturated carbocycles. The van der Waals surface area contributed by atoms with Gasteiger partial charge in [0.2, 0.25) is 0 Å². The average molecular weight is 636 g/mol. The van der Waals surface area contributed by atoms with Gasteiger partial charge >= 0.3 is 6.18 Å². The van der Waals surface area contributed by atoms with Crippen molar-refractivity contribution in [2.24, 2.45) is 5.10 Å². The molecule has 0 fully saturated rings. The van der Waals surface area contributed by atoms with Crippen LogP contribution in [0, 0.1) is 6.92 Å². The minimum atomic E-state index is -4.56. The highest BCUT2D eigenvalue weighted by Crippen LogP contribution is 2.34. The maximum absolute atomic E-state index is 13.5. The molecule has 1 aromatic heterocycles. The third-order valence-electron chi connectivity index (χ3n) is 6.39. The zero-order valence-corrected chi connectivity index (χ0v) is 24.2. The van der Waals surface area contributed by atoms with Gasteiger partial charge < -0.3 is 9.47 Å². The number of halogens is 4. The van der Waals surface area contributed by atoms with Crippen molar-refractivity contribution in [3.8, 4) is 22.9 Å². The summed E-state index contributed by atoms with van der Waals surface area (Å²) in [7, 11) is 0. The van der Waals surface area contributed by atoms with Crippen molar-refractivity contribution < 1.29 is 22.6 Å². The SMILES string of the molecule is CCOc1cc(C=Nn2c(-c3cccc(C(F)(F)F)c3)nc3ccccc3c2=O)c(Br)cc1OCc1ccc(C)cc1. The van der Waals surface area contributed by atoms with Gasteiger partial charge in [-0.1, -0.05) is 54.1 Å². The first kappa shape index (κ1) is 29.1. The van der Waals surface area contributed by atoms with E-state index >= 15 is 0 Å². The van der Waals surface area contributed by atoms with Gasteiger partial charge in [-0.3, -0.25) is 4.79 Å². The normalized spacial score (nSPS) is 11.8. The molecule has 0 aliphatic carbocycles. The first-order chi connectivity index (χ1) is 20.1. The van der Waals surface area contributed by atoms with E-state index in [-0.39, 0.29) is 16.8 Å². The summed E-state index contributed by atoms with van der Waals surface area (Å²) < 4.78 is 53.9. The molecule has 0 bridgehead atoms. The van der Waals surface area contributed by atoms with Gasteiger partial charge in [-0.2, -0.15) is 22.9 Å². The Kier molecular flexibility index (Phi) is 8.44. The fourth-order valence-corrected chi connectivity index (χ4v) is 4.67. The van der Waals surface area contributed by atoms with Crippen molar-refractivity contribution in [1.29, 1.82) is 0 Å². The lowest BCUT2D eigenvalue weighted by Crippen LogP contribution is -2.20. The number of hydrogen-bond acceptors (Lipinski definition) is 5. The largest absolute Gasteiger partial charge is 0.490 e. The second-order valence-corrected chi connectivity index (χ2v) is 10.3. The lowest BCUT2D eigenvalue weighted by Gasteiger charge is -2.14. The van der Waals surface area contributed by atoms with Gasteiger partial charge in [0.25, 0.3) is 5.56 Å². The molecule has 5 rings (SSSR count). The Morgan fingerprint density at radius 3 is 2.43 bits per heavy atom. The van der Waals surface area contributed by atoms with E-state index in [1.807, 2.05) is 38.1 Å². The Labute approximate surface area is 248 Å². The van der Waals surface area contributed by atoms with Gasteiger partial charge in [0.05, 0.1) is 29.3 Å². The van der Waals surface area contributed by atoms with E-state index in [1.54, 1.807) is 36.4 Å². The van der Waals surface area contributed by atoms with Gasteiger partial charge in [0.1, 0.15) is 6.61 Å². The summed E-state index contributed by atoms with van der Waals surface area (Å²) in [5.74, 6) is 0.951. The number of rotatable bonds is 8. The van der Waals surface area contributed by atoms with E-state index in [4.69, 9.17) is 9.47 Å². The molecule has 0 aliphatic rings. The van der Waals surface area contributed by atoms with Crippen LogP contribution in [0.5, 0.6) is 11.5 Å². The molecular weight excluding hydrogens is 611 g/mol. The van der Waals surface area contributed by atoms with Crippen LogP contribution in [-0.4, -0.2) is 22.5 Å². The highest BCUT2D eigenvalue weighted by Gasteiger charge is 2.31. The number of hydrogen-bond donors (Lipinski definition) is 0. The van der Waals surface area contributed by atoms with E-state index in [0.717, 1.165) is 27.9 Å². The Balaban J connectivity index is 1.56. The molecule has 5 aromatic rings. The third-order valence-corrected chi connectivity index (χ3v) is 7.08. The van der Waals surface area contributed by atoms with Crippen LogP contribution in [0.1, 0.15) is 29.2 Å². The number of benzene rings is 4. The summed E-state index contributed by atoms with van der Waals surface area (Å²) >= 11 is 3.54. The number of aromatic nitrogens is 2. The van der Waals surface area contributed by atoms with Crippen LogP contribution in [0.15, 0.2) is 99.3 Å². The molecule has 0 unspecified atom stereocenters. The molecule has 0 atom stereocenters. The van der Waals surface area contributed by atoms with Crippen molar-refractivity contribution in [2.75, 3.05) is 6.61 Å². The van der Waals surface area contributed by atoms with Crippen molar-refractivity contribution >= 4 is 33.0 Å². The van der Waals surface area contributed by atoms with E-state index in [9.17, 15) is 18.0 Å². The number of fused-ring (bicyclic) bond motifs is 1. The van der Waals surface area contributed by atoms with Crippen molar-refractivity contribution in [1.82, 2.24) is 9.66 Å². The summed E-state index contributed by atoms with van der Waals surface area (Å²) in [5.41, 5.74) is 1.75. The number of para-hydroxylation sites is 1. The summed E-state index contributed by atoms with van der Waals surface area (Å²) in [4.78, 5) is 18.0. The molecule has 0 saturated heterocycles. The van der Waals surface area contributed by atoms with Gasteiger partial charge in [-0.05, 0) is 71.7 Å². The Morgan fingerprint density at radius 1 is 0.952 bits per heavy atom. The lowest BCUT2D eigenvalue weighted by molar-refractivity contribution is -0.137. The molecule has 1 heterocycles. The van der Waals surface area contributed by atoms with Crippen LogP contribution in [0.3, 0.4) is 0 Å². The van der Waals surface area contributed by atoms with Gasteiger partial charge in [-0.15, -0.1) is 0 Å². The smallest absolute Gasteiger partial charge is 0.416 e. The van der Waals surface area contributed by atoms with Crippen LogP contribution in [0.25, 0.3) is 22.3 Å². The molecule has 0 aliphatic heterocycles. The van der Waals surface area contributed by atoms with E-state index in [0.29, 0.717) is 40.3 Å². The average Bonchev–Trinajstić information content (AvgIpc) is 2.97. The first-order valence-corrected chi connectivity index (χ1v) is 13.8. The third kappa shape index (κ3) is 6.38. The monoisotopic (exact) mass is 635 g/mol. The Morgan fingerprint density at radius 2 is 1.69 bits per heavy atom. The van der Waals surface area contributed by atoms with E-state index < -0.39 is 17.3 Å². The fourth-order valence-electron chi connectivity index (χ4n) is 4.25. The number of aryl methyl sites for hydroxylation is 1. The predicted octanol–water partition coefficient (Wildman–Crippen LogP) is 8.01. The standard InChI is InChI=1S/C32H25BrF3N3O3/c1-3-41-28-16-23(26(33)17-29(28)42-19-21-13-11-20(2)12-14-21)18-37-39-30(22-7-6-8-24(15-22)32(34,35)36)38-27-10-5-4-9-25(27)31(39)40/h4-18H,3,19H2,1-2H3. The molecule has 0 N–H and O–H groups in total. The molecular formula is C32H25BrF3N3O3. The maximum Gasteiger partial charge on any atom is 0.416 e. The van der Waals surface area contributed by atoms with Crippen molar-refractivity contribution in [3.05, 3.63) is 122 Å². The van der Waals surface area contributed by atoms with Gasteiger partial charge in [-0.25, -0.2) is 4.98 Å². The lowest BCUT2D eigenvalue weighted by atomic mass is 10.1. The number of nitrogens with zero attached hydrogens (tertiary/aromatic N) is 3.